The summed E-state index contributed by atoms with van der Waals surface area (Å²) in [5.74, 6) is 3.88. The van der Waals surface area contributed by atoms with Crippen LogP contribution in [0.5, 0.6) is 0 Å². The minimum absolute atomic E-state index is 0.0185. The number of hydrogen-bond acceptors (Lipinski definition) is 3. The summed E-state index contributed by atoms with van der Waals surface area (Å²) >= 11 is 0. The molecule has 0 aromatic rings. The number of carbonyl (C=O) groups is 1. The van der Waals surface area contributed by atoms with Crippen molar-refractivity contribution in [3.05, 3.63) is 12.2 Å². The van der Waals surface area contributed by atoms with Crippen LogP contribution in [0.15, 0.2) is 12.2 Å². The van der Waals surface area contributed by atoms with Gasteiger partial charge in [0.25, 0.3) is 0 Å². The van der Waals surface area contributed by atoms with Crippen molar-refractivity contribution in [1.82, 2.24) is 5.32 Å². The Morgan fingerprint density at radius 3 is 2.50 bits per heavy atom. The molecule has 0 aromatic carbocycles. The van der Waals surface area contributed by atoms with Gasteiger partial charge in [0.05, 0.1) is 5.60 Å². The number of fused-ring (bicyclic) bond motifs is 5. The third-order valence-electron chi connectivity index (χ3n) is 10.5. The molecule has 2 N–H and O–H groups in total. The van der Waals surface area contributed by atoms with Crippen molar-refractivity contribution in [3.63, 3.8) is 0 Å². The Kier molecular flexibility index (Phi) is 4.42. The fraction of sp³-hybridized carbons (Fsp3) is 0.880. The summed E-state index contributed by atoms with van der Waals surface area (Å²) < 4.78 is 0. The van der Waals surface area contributed by atoms with E-state index in [0.717, 1.165) is 58.0 Å². The van der Waals surface area contributed by atoms with E-state index in [1.807, 2.05) is 0 Å². The number of allylic oxidation sites excluding steroid dienone is 1. The van der Waals surface area contributed by atoms with Gasteiger partial charge in [-0.1, -0.05) is 32.9 Å². The predicted octanol–water partition coefficient (Wildman–Crippen LogP) is 4.35. The fourth-order valence-electron chi connectivity index (χ4n) is 8.41. The van der Waals surface area contributed by atoms with Gasteiger partial charge in [0.2, 0.25) is 0 Å². The number of nitrogens with one attached hydrogen (secondary N) is 1. The third-order valence-corrected chi connectivity index (χ3v) is 10.5. The zero-order valence-corrected chi connectivity index (χ0v) is 18.0. The number of aliphatic hydroxyl groups is 1. The maximum atomic E-state index is 12.6. The molecule has 5 rings (SSSR count). The van der Waals surface area contributed by atoms with Crippen LogP contribution in [0.1, 0.15) is 72.1 Å². The van der Waals surface area contributed by atoms with Crippen molar-refractivity contribution < 1.29 is 9.90 Å². The maximum Gasteiger partial charge on any atom is 0.139 e. The SMILES string of the molecule is C[C@H]1C[C@H]2[C@@H]3CCC(=O)[C@@]3(C)CC[C@@H]2[C@@]2(C)CC[C@@H](/C=C\C3CNC3)C[C@]12O. The summed E-state index contributed by atoms with van der Waals surface area (Å²) in [5.41, 5.74) is -0.593. The van der Waals surface area contributed by atoms with Crippen LogP contribution in [0, 0.1) is 46.3 Å². The summed E-state index contributed by atoms with van der Waals surface area (Å²) in [5, 5.41) is 15.5. The normalized spacial score (nSPS) is 54.1. The van der Waals surface area contributed by atoms with Crippen molar-refractivity contribution >= 4 is 5.78 Å². The van der Waals surface area contributed by atoms with E-state index in [2.05, 4.69) is 38.2 Å². The average Bonchev–Trinajstić information content (AvgIpc) is 2.92. The first kappa shape index (κ1) is 19.3. The molecule has 8 atom stereocenters. The number of rotatable bonds is 2. The predicted molar refractivity (Wildman–Crippen MR) is 112 cm³/mol. The second-order valence-electron chi connectivity index (χ2n) is 11.6. The lowest BCUT2D eigenvalue weighted by molar-refractivity contribution is -0.233. The fourth-order valence-corrected chi connectivity index (χ4v) is 8.41. The van der Waals surface area contributed by atoms with Crippen LogP contribution in [0.2, 0.25) is 0 Å². The first-order valence-electron chi connectivity index (χ1n) is 11.9. The first-order chi connectivity index (χ1) is 13.3. The molecule has 0 spiro atoms. The highest BCUT2D eigenvalue weighted by molar-refractivity contribution is 5.87. The van der Waals surface area contributed by atoms with Crippen molar-refractivity contribution in [2.45, 2.75) is 77.7 Å². The highest BCUT2D eigenvalue weighted by Crippen LogP contribution is 2.68. The highest BCUT2D eigenvalue weighted by Gasteiger charge is 2.66. The van der Waals surface area contributed by atoms with E-state index in [0.29, 0.717) is 41.3 Å². The maximum absolute atomic E-state index is 12.6. The Bertz CT molecular complexity index is 684. The second kappa shape index (κ2) is 6.41. The molecule has 0 radical (unpaired) electrons. The molecule has 1 saturated heterocycles. The molecule has 1 heterocycles. The van der Waals surface area contributed by atoms with Crippen molar-refractivity contribution in [2.24, 2.45) is 46.3 Å². The van der Waals surface area contributed by atoms with Crippen LogP contribution in [0.25, 0.3) is 0 Å². The molecule has 5 fully saturated rings. The van der Waals surface area contributed by atoms with Crippen LogP contribution >= 0.6 is 0 Å². The zero-order valence-electron chi connectivity index (χ0n) is 18.0. The molecule has 1 aliphatic heterocycles. The summed E-state index contributed by atoms with van der Waals surface area (Å²) in [6, 6.07) is 0. The minimum atomic E-state index is -0.546. The molecule has 0 bridgehead atoms. The van der Waals surface area contributed by atoms with Crippen LogP contribution in [0.4, 0.5) is 0 Å². The quantitative estimate of drug-likeness (QED) is 0.695. The van der Waals surface area contributed by atoms with Crippen molar-refractivity contribution in [3.8, 4) is 0 Å². The van der Waals surface area contributed by atoms with E-state index in [4.69, 9.17) is 0 Å². The molecule has 3 heteroatoms. The molecule has 28 heavy (non-hydrogen) atoms. The van der Waals surface area contributed by atoms with Gasteiger partial charge in [0.15, 0.2) is 0 Å². The number of carbonyl (C=O) groups excluding carboxylic acids is 1. The molecular weight excluding hydrogens is 346 g/mol. The van der Waals surface area contributed by atoms with Gasteiger partial charge in [-0.15, -0.1) is 0 Å². The van der Waals surface area contributed by atoms with Gasteiger partial charge < -0.3 is 10.4 Å². The smallest absolute Gasteiger partial charge is 0.139 e. The first-order valence-corrected chi connectivity index (χ1v) is 11.9. The molecule has 0 amide bonds. The van der Waals surface area contributed by atoms with E-state index in [9.17, 15) is 9.90 Å². The molecule has 3 nitrogen and oxygen atoms in total. The summed E-state index contributed by atoms with van der Waals surface area (Å²) in [4.78, 5) is 12.6. The zero-order chi connectivity index (χ0) is 19.7. The lowest BCUT2D eigenvalue weighted by Gasteiger charge is -2.65. The Hall–Kier alpha value is -0.670. The summed E-state index contributed by atoms with van der Waals surface area (Å²) in [6.45, 7) is 9.21. The topological polar surface area (TPSA) is 49.3 Å². The number of hydrogen-bond donors (Lipinski definition) is 2. The summed E-state index contributed by atoms with van der Waals surface area (Å²) in [7, 11) is 0. The second-order valence-corrected chi connectivity index (χ2v) is 11.6. The molecule has 4 aliphatic carbocycles. The molecule has 0 aromatic heterocycles. The number of ketones is 1. The van der Waals surface area contributed by atoms with Gasteiger partial charge in [0, 0.05) is 30.8 Å². The molecule has 156 valence electrons. The molecule has 0 unspecified atom stereocenters. The van der Waals surface area contributed by atoms with E-state index in [1.54, 1.807) is 0 Å². The van der Waals surface area contributed by atoms with Crippen molar-refractivity contribution in [2.75, 3.05) is 13.1 Å². The van der Waals surface area contributed by atoms with Crippen LogP contribution < -0.4 is 5.32 Å². The third kappa shape index (κ3) is 2.51. The van der Waals surface area contributed by atoms with E-state index < -0.39 is 5.60 Å². The monoisotopic (exact) mass is 385 g/mol. The Balaban J connectivity index is 1.40. The standard InChI is InChI=1S/C25H39NO2/c1-16-12-19-20-6-7-22(27)23(20,2)10-9-21(19)24(3)11-8-17(13-25(16,24)28)4-5-18-14-26-15-18/h4-5,16-21,26,28H,6-15H2,1-3H3/b5-4-/t16-,17+,19-,20-,21-,23-,24+,25-/m0/s1. The molecular formula is C25H39NO2. The van der Waals surface area contributed by atoms with Crippen LogP contribution in [-0.2, 0) is 4.79 Å². The van der Waals surface area contributed by atoms with Gasteiger partial charge in [-0.2, -0.15) is 0 Å². The minimum Gasteiger partial charge on any atom is -0.389 e. The van der Waals surface area contributed by atoms with Gasteiger partial charge >= 0.3 is 0 Å². The highest BCUT2D eigenvalue weighted by atomic mass is 16.3. The average molecular weight is 386 g/mol. The van der Waals surface area contributed by atoms with Gasteiger partial charge in [-0.3, -0.25) is 4.79 Å². The van der Waals surface area contributed by atoms with E-state index in [1.165, 1.54) is 6.42 Å². The lowest BCUT2D eigenvalue weighted by Crippen LogP contribution is -2.65. The number of Topliss-reactive ketones (excluding diaryl/α,β-unsaturated/α-hetero) is 1. The van der Waals surface area contributed by atoms with Crippen molar-refractivity contribution in [1.29, 1.82) is 0 Å². The van der Waals surface area contributed by atoms with Gasteiger partial charge in [-0.25, -0.2) is 0 Å². The van der Waals surface area contributed by atoms with Crippen LogP contribution in [0.3, 0.4) is 0 Å². The summed E-state index contributed by atoms with van der Waals surface area (Å²) in [6.07, 6.45) is 13.3. The van der Waals surface area contributed by atoms with E-state index >= 15 is 0 Å². The molecule has 4 saturated carbocycles. The Morgan fingerprint density at radius 1 is 1.04 bits per heavy atom. The lowest BCUT2D eigenvalue weighted by atomic mass is 9.41. The molecule has 5 aliphatic rings. The van der Waals surface area contributed by atoms with Crippen LogP contribution in [-0.4, -0.2) is 29.6 Å². The Morgan fingerprint density at radius 2 is 1.79 bits per heavy atom. The van der Waals surface area contributed by atoms with E-state index in [-0.39, 0.29) is 10.8 Å². The van der Waals surface area contributed by atoms with Gasteiger partial charge in [-0.05, 0) is 80.0 Å². The largest absolute Gasteiger partial charge is 0.389 e. The van der Waals surface area contributed by atoms with Gasteiger partial charge in [0.1, 0.15) is 5.78 Å². The Labute approximate surface area is 170 Å².